The molecule has 0 saturated carbocycles. The minimum atomic E-state index is -3.97. The van der Waals surface area contributed by atoms with E-state index in [2.05, 4.69) is 0 Å². The number of sulfonamides is 1. The molecule has 8 heteroatoms. The van der Waals surface area contributed by atoms with E-state index >= 15 is 0 Å². The number of carboxylic acid groups (broad SMARTS) is 1. The van der Waals surface area contributed by atoms with Gasteiger partial charge in [-0.05, 0) is 25.1 Å². The summed E-state index contributed by atoms with van der Waals surface area (Å²) in [6.07, 6.45) is 0. The van der Waals surface area contributed by atoms with E-state index in [9.17, 15) is 13.2 Å². The minimum absolute atomic E-state index is 0.169. The second-order valence-electron chi connectivity index (χ2n) is 3.41. The van der Waals surface area contributed by atoms with E-state index < -0.39 is 21.2 Å². The average molecular weight is 289 g/mol. The van der Waals surface area contributed by atoms with Crippen molar-refractivity contribution in [1.29, 1.82) is 5.26 Å². The van der Waals surface area contributed by atoms with Crippen molar-refractivity contribution in [1.82, 2.24) is 0 Å². The maximum absolute atomic E-state index is 11.6. The predicted octanol–water partition coefficient (Wildman–Crippen LogP) is 1.69. The monoisotopic (exact) mass is 288 g/mol. The third-order valence-electron chi connectivity index (χ3n) is 2.11. The molecular weight excluding hydrogens is 280 g/mol. The van der Waals surface area contributed by atoms with Crippen LogP contribution in [0.1, 0.15) is 17.3 Å². The number of halogens is 1. The molecule has 0 fully saturated rings. The summed E-state index contributed by atoms with van der Waals surface area (Å²) < 4.78 is 25.3. The Hall–Kier alpha value is -1.78. The number of nitrogens with one attached hydrogen (secondary N) is 1. The van der Waals surface area contributed by atoms with Gasteiger partial charge in [-0.15, -0.1) is 0 Å². The van der Waals surface area contributed by atoms with Crippen molar-refractivity contribution in [3.8, 4) is 6.07 Å². The van der Waals surface area contributed by atoms with Crippen LogP contribution in [0.25, 0.3) is 0 Å². The van der Waals surface area contributed by atoms with Crippen molar-refractivity contribution in [2.45, 2.75) is 12.2 Å². The molecule has 96 valence electrons. The van der Waals surface area contributed by atoms with E-state index in [-0.39, 0.29) is 16.3 Å². The quantitative estimate of drug-likeness (QED) is 0.876. The summed E-state index contributed by atoms with van der Waals surface area (Å²) in [6.45, 7) is 1.19. The Morgan fingerprint density at radius 1 is 1.56 bits per heavy atom. The van der Waals surface area contributed by atoms with Crippen molar-refractivity contribution in [3.63, 3.8) is 0 Å². The third kappa shape index (κ3) is 3.12. The topological polar surface area (TPSA) is 107 Å². The van der Waals surface area contributed by atoms with Crippen LogP contribution < -0.4 is 4.72 Å². The van der Waals surface area contributed by atoms with Gasteiger partial charge >= 0.3 is 5.97 Å². The van der Waals surface area contributed by atoms with Crippen molar-refractivity contribution in [2.24, 2.45) is 0 Å². The van der Waals surface area contributed by atoms with Gasteiger partial charge in [-0.3, -0.25) is 4.72 Å². The highest BCUT2D eigenvalue weighted by atomic mass is 35.5. The molecule has 0 saturated heterocycles. The zero-order chi connectivity index (χ0) is 13.9. The summed E-state index contributed by atoms with van der Waals surface area (Å²) in [5, 5.41) is 16.4. The summed E-state index contributed by atoms with van der Waals surface area (Å²) in [5.41, 5.74) is -0.412. The highest BCUT2D eigenvalue weighted by molar-refractivity contribution is 7.93. The second-order valence-corrected chi connectivity index (χ2v) is 5.85. The van der Waals surface area contributed by atoms with Crippen molar-refractivity contribution in [2.75, 3.05) is 4.72 Å². The molecule has 1 aromatic carbocycles. The number of hydrogen-bond donors (Lipinski definition) is 2. The van der Waals surface area contributed by atoms with Gasteiger partial charge in [0, 0.05) is 5.02 Å². The molecule has 0 aliphatic carbocycles. The first-order chi connectivity index (χ1) is 8.27. The molecule has 0 heterocycles. The van der Waals surface area contributed by atoms with Crippen LogP contribution in [0.3, 0.4) is 0 Å². The zero-order valence-corrected chi connectivity index (χ0v) is 10.8. The first kappa shape index (κ1) is 14.3. The predicted molar refractivity (Wildman–Crippen MR) is 66.0 cm³/mol. The van der Waals surface area contributed by atoms with Crippen LogP contribution in [0.5, 0.6) is 0 Å². The Kier molecular flexibility index (Phi) is 4.16. The number of nitrogens with zero attached hydrogens (tertiary/aromatic N) is 1. The van der Waals surface area contributed by atoms with E-state index in [0.717, 1.165) is 0 Å². The normalized spacial score (nSPS) is 12.5. The van der Waals surface area contributed by atoms with Gasteiger partial charge in [-0.2, -0.15) is 5.26 Å². The smallest absolute Gasteiger partial charge is 0.337 e. The molecule has 0 radical (unpaired) electrons. The average Bonchev–Trinajstić information content (AvgIpc) is 2.26. The van der Waals surface area contributed by atoms with Crippen LogP contribution in [0.2, 0.25) is 5.02 Å². The molecule has 0 spiro atoms. The van der Waals surface area contributed by atoms with Crippen molar-refractivity contribution in [3.05, 3.63) is 28.8 Å². The van der Waals surface area contributed by atoms with Crippen LogP contribution in [0, 0.1) is 11.3 Å². The highest BCUT2D eigenvalue weighted by Crippen LogP contribution is 2.23. The number of aromatic carboxylic acids is 1. The third-order valence-corrected chi connectivity index (χ3v) is 3.89. The van der Waals surface area contributed by atoms with Gasteiger partial charge in [0.2, 0.25) is 10.0 Å². The summed E-state index contributed by atoms with van der Waals surface area (Å²) in [6, 6.07) is 5.24. The number of carboxylic acids is 1. The lowest BCUT2D eigenvalue weighted by molar-refractivity contribution is 0.0698. The molecule has 0 aromatic heterocycles. The molecule has 1 atom stereocenters. The lowest BCUT2D eigenvalue weighted by Gasteiger charge is -2.11. The second kappa shape index (κ2) is 5.25. The van der Waals surface area contributed by atoms with Crippen LogP contribution in [0.15, 0.2) is 18.2 Å². The molecule has 0 bridgehead atoms. The first-order valence-corrected chi connectivity index (χ1v) is 6.64. The van der Waals surface area contributed by atoms with Gasteiger partial charge < -0.3 is 5.11 Å². The zero-order valence-electron chi connectivity index (χ0n) is 9.21. The van der Waals surface area contributed by atoms with Crippen LogP contribution in [-0.2, 0) is 10.0 Å². The lowest BCUT2D eigenvalue weighted by atomic mass is 10.2. The molecule has 18 heavy (non-hydrogen) atoms. The standard InChI is InChI=1S/C10H9ClN2O4S/c1-6(5-12)18(16,17)13-9-4-7(11)2-3-8(9)10(14)15/h2-4,6,13H,1H3,(H,14,15). The Morgan fingerprint density at radius 3 is 2.67 bits per heavy atom. The molecule has 6 nitrogen and oxygen atoms in total. The van der Waals surface area contributed by atoms with Gasteiger partial charge in [0.25, 0.3) is 0 Å². The van der Waals surface area contributed by atoms with Crippen LogP contribution in [0.4, 0.5) is 5.69 Å². The largest absolute Gasteiger partial charge is 0.478 e. The van der Waals surface area contributed by atoms with Crippen molar-refractivity contribution >= 4 is 33.3 Å². The van der Waals surface area contributed by atoms with Crippen LogP contribution >= 0.6 is 11.6 Å². The maximum Gasteiger partial charge on any atom is 0.337 e. The van der Waals surface area contributed by atoms with E-state index in [1.165, 1.54) is 25.1 Å². The summed E-state index contributed by atoms with van der Waals surface area (Å²) in [7, 11) is -3.97. The Bertz CT molecular complexity index is 621. The number of hydrogen-bond acceptors (Lipinski definition) is 4. The Balaban J connectivity index is 3.23. The van der Waals surface area contributed by atoms with E-state index in [1.807, 2.05) is 4.72 Å². The van der Waals surface area contributed by atoms with E-state index in [1.54, 1.807) is 6.07 Å². The summed E-state index contributed by atoms with van der Waals surface area (Å²) >= 11 is 5.67. The molecular formula is C10H9ClN2O4S. The summed E-state index contributed by atoms with van der Waals surface area (Å²) in [5.74, 6) is -1.30. The SMILES string of the molecule is CC(C#N)S(=O)(=O)Nc1cc(Cl)ccc1C(=O)O. The lowest BCUT2D eigenvalue weighted by Crippen LogP contribution is -2.24. The van der Waals surface area contributed by atoms with Crippen molar-refractivity contribution < 1.29 is 18.3 Å². The number of carbonyl (C=O) groups is 1. The van der Waals surface area contributed by atoms with Gasteiger partial charge in [-0.25, -0.2) is 13.2 Å². The molecule has 1 rings (SSSR count). The number of rotatable bonds is 4. The van der Waals surface area contributed by atoms with E-state index in [4.69, 9.17) is 22.0 Å². The Labute approximate surface area is 109 Å². The molecule has 0 amide bonds. The van der Waals surface area contributed by atoms with Gasteiger partial charge in [0.05, 0.1) is 17.3 Å². The minimum Gasteiger partial charge on any atom is -0.478 e. The molecule has 0 aliphatic heterocycles. The highest BCUT2D eigenvalue weighted by Gasteiger charge is 2.22. The van der Waals surface area contributed by atoms with Gasteiger partial charge in [0.15, 0.2) is 5.25 Å². The number of anilines is 1. The molecule has 2 N–H and O–H groups in total. The number of nitriles is 1. The maximum atomic E-state index is 11.6. The fraction of sp³-hybridized carbons (Fsp3) is 0.200. The fourth-order valence-corrected chi connectivity index (χ4v) is 2.06. The number of benzene rings is 1. The Morgan fingerprint density at radius 2 is 2.17 bits per heavy atom. The summed E-state index contributed by atoms with van der Waals surface area (Å²) in [4.78, 5) is 10.9. The molecule has 0 aliphatic rings. The van der Waals surface area contributed by atoms with E-state index in [0.29, 0.717) is 0 Å². The molecule has 1 aromatic rings. The van der Waals surface area contributed by atoms with Gasteiger partial charge in [-0.1, -0.05) is 11.6 Å². The van der Waals surface area contributed by atoms with Crippen LogP contribution in [-0.4, -0.2) is 24.7 Å². The van der Waals surface area contributed by atoms with Gasteiger partial charge in [0.1, 0.15) is 0 Å². The fourth-order valence-electron chi connectivity index (χ4n) is 1.10. The molecule has 1 unspecified atom stereocenters. The first-order valence-electron chi connectivity index (χ1n) is 4.72.